The highest BCUT2D eigenvalue weighted by atomic mass is 35.5. The Labute approximate surface area is 118 Å². The highest BCUT2D eigenvalue weighted by molar-refractivity contribution is 6.31. The molecule has 0 aliphatic carbocycles. The number of hydrogen-bond donors (Lipinski definition) is 2. The Kier molecular flexibility index (Phi) is 4.05. The Balaban J connectivity index is 2.45. The van der Waals surface area contributed by atoms with Crippen LogP contribution in [-0.2, 0) is 6.54 Å². The Morgan fingerprint density at radius 3 is 2.85 bits per heavy atom. The molecular formula is C13H11ClFN3O2. The van der Waals surface area contributed by atoms with Gasteiger partial charge in [0, 0.05) is 6.20 Å². The topological polar surface area (TPSA) is 80.6 Å². The van der Waals surface area contributed by atoms with Crippen molar-refractivity contribution in [3.8, 4) is 0 Å². The highest BCUT2D eigenvalue weighted by Gasteiger charge is 2.10. The van der Waals surface area contributed by atoms with Crippen LogP contribution in [-0.4, -0.2) is 15.6 Å². The second-order valence-corrected chi connectivity index (χ2v) is 4.43. The van der Waals surface area contributed by atoms with Crippen molar-refractivity contribution in [2.45, 2.75) is 6.54 Å². The fourth-order valence-electron chi connectivity index (χ4n) is 1.76. The lowest BCUT2D eigenvalue weighted by Crippen LogP contribution is -2.30. The first-order chi connectivity index (χ1) is 9.54. The average Bonchev–Trinajstić information content (AvgIpc) is 2.45. The van der Waals surface area contributed by atoms with Gasteiger partial charge in [-0.2, -0.15) is 0 Å². The number of nitrogens with two attached hydrogens (primary N) is 1. The monoisotopic (exact) mass is 295 g/mol. The molecule has 5 nitrogen and oxygen atoms in total. The van der Waals surface area contributed by atoms with E-state index in [0.717, 1.165) is 0 Å². The number of aromatic nitrogens is 1. The lowest BCUT2D eigenvalue weighted by atomic mass is 10.2. The van der Waals surface area contributed by atoms with Crippen LogP contribution in [0.1, 0.15) is 11.1 Å². The van der Waals surface area contributed by atoms with Crippen LogP contribution < -0.4 is 11.3 Å². The van der Waals surface area contributed by atoms with E-state index in [1.807, 2.05) is 0 Å². The van der Waals surface area contributed by atoms with Crippen molar-refractivity contribution in [2.75, 3.05) is 0 Å². The van der Waals surface area contributed by atoms with Crippen molar-refractivity contribution >= 4 is 17.4 Å². The minimum atomic E-state index is -0.551. The normalized spacial score (nSPS) is 11.6. The molecule has 2 rings (SSSR count). The zero-order valence-electron chi connectivity index (χ0n) is 10.3. The van der Waals surface area contributed by atoms with Gasteiger partial charge in [-0.05, 0) is 23.8 Å². The second kappa shape index (κ2) is 5.75. The molecule has 0 amide bonds. The molecule has 0 aliphatic rings. The SMILES string of the molecule is N/C(=N/O)c1cccn(Cc2cccc(F)c2Cl)c1=O. The smallest absolute Gasteiger partial charge is 0.261 e. The van der Waals surface area contributed by atoms with Crippen LogP contribution in [0, 0.1) is 5.82 Å². The fraction of sp³-hybridized carbons (Fsp3) is 0.0769. The van der Waals surface area contributed by atoms with Gasteiger partial charge in [0.2, 0.25) is 0 Å². The van der Waals surface area contributed by atoms with Crippen molar-refractivity contribution in [1.82, 2.24) is 4.57 Å². The van der Waals surface area contributed by atoms with Crippen molar-refractivity contribution in [3.63, 3.8) is 0 Å². The van der Waals surface area contributed by atoms with Gasteiger partial charge >= 0.3 is 0 Å². The molecule has 0 saturated carbocycles. The first-order valence-electron chi connectivity index (χ1n) is 5.65. The van der Waals surface area contributed by atoms with Crippen LogP contribution in [0.25, 0.3) is 0 Å². The minimum absolute atomic E-state index is 0.0337. The number of nitrogens with zero attached hydrogens (tertiary/aromatic N) is 2. The molecule has 0 bridgehead atoms. The van der Waals surface area contributed by atoms with Crippen molar-refractivity contribution in [2.24, 2.45) is 10.9 Å². The molecule has 0 saturated heterocycles. The van der Waals surface area contributed by atoms with E-state index in [9.17, 15) is 9.18 Å². The van der Waals surface area contributed by atoms with E-state index in [1.54, 1.807) is 12.1 Å². The van der Waals surface area contributed by atoms with Gasteiger partial charge in [0.25, 0.3) is 5.56 Å². The summed E-state index contributed by atoms with van der Waals surface area (Å²) in [6.07, 6.45) is 1.51. The summed E-state index contributed by atoms with van der Waals surface area (Å²) in [6.45, 7) is 0.0853. The van der Waals surface area contributed by atoms with E-state index in [0.29, 0.717) is 5.56 Å². The molecule has 2 aromatic rings. The van der Waals surface area contributed by atoms with Crippen LogP contribution in [0.2, 0.25) is 5.02 Å². The fourth-order valence-corrected chi connectivity index (χ4v) is 1.95. The lowest BCUT2D eigenvalue weighted by molar-refractivity contribution is 0.318. The van der Waals surface area contributed by atoms with E-state index in [-0.39, 0.29) is 23.0 Å². The zero-order chi connectivity index (χ0) is 14.7. The molecule has 1 heterocycles. The van der Waals surface area contributed by atoms with E-state index in [2.05, 4.69) is 5.16 Å². The van der Waals surface area contributed by atoms with Gasteiger partial charge in [-0.25, -0.2) is 4.39 Å². The Morgan fingerprint density at radius 2 is 2.15 bits per heavy atom. The predicted molar refractivity (Wildman–Crippen MR) is 73.7 cm³/mol. The molecule has 7 heteroatoms. The molecular weight excluding hydrogens is 285 g/mol. The molecule has 0 unspecified atom stereocenters. The summed E-state index contributed by atoms with van der Waals surface area (Å²) in [5, 5.41) is 11.4. The van der Waals surface area contributed by atoms with Crippen molar-refractivity contribution < 1.29 is 9.60 Å². The van der Waals surface area contributed by atoms with E-state index < -0.39 is 11.4 Å². The van der Waals surface area contributed by atoms with Crippen molar-refractivity contribution in [1.29, 1.82) is 0 Å². The summed E-state index contributed by atoms with van der Waals surface area (Å²) >= 11 is 5.85. The summed E-state index contributed by atoms with van der Waals surface area (Å²) in [5.74, 6) is -0.834. The Hall–Kier alpha value is -2.34. The number of halogens is 2. The number of rotatable bonds is 3. The molecule has 0 spiro atoms. The number of pyridine rings is 1. The van der Waals surface area contributed by atoms with Gasteiger partial charge in [-0.3, -0.25) is 4.79 Å². The molecule has 1 aromatic carbocycles. The highest BCUT2D eigenvalue weighted by Crippen LogP contribution is 2.20. The standard InChI is InChI=1S/C13H11ClFN3O2/c14-11-8(3-1-5-10(11)15)7-18-6-2-4-9(13(18)19)12(16)17-20/h1-6,20H,7H2,(H2,16,17). The first-order valence-corrected chi connectivity index (χ1v) is 6.02. The maximum absolute atomic E-state index is 13.4. The largest absolute Gasteiger partial charge is 0.409 e. The minimum Gasteiger partial charge on any atom is -0.409 e. The number of benzene rings is 1. The molecule has 0 atom stereocenters. The zero-order valence-corrected chi connectivity index (χ0v) is 11.0. The maximum atomic E-state index is 13.4. The summed E-state index contributed by atoms with van der Waals surface area (Å²) in [7, 11) is 0. The quantitative estimate of drug-likeness (QED) is 0.392. The van der Waals surface area contributed by atoms with Gasteiger partial charge in [0.15, 0.2) is 5.84 Å². The van der Waals surface area contributed by atoms with Gasteiger partial charge < -0.3 is 15.5 Å². The number of amidine groups is 1. The van der Waals surface area contributed by atoms with Crippen LogP contribution in [0.15, 0.2) is 46.5 Å². The molecule has 104 valence electrons. The van der Waals surface area contributed by atoms with Crippen molar-refractivity contribution in [3.05, 3.63) is 68.8 Å². The van der Waals surface area contributed by atoms with E-state index in [4.69, 9.17) is 22.5 Å². The third-order valence-electron chi connectivity index (χ3n) is 2.78. The molecule has 3 N–H and O–H groups in total. The lowest BCUT2D eigenvalue weighted by Gasteiger charge is -2.09. The number of hydrogen-bond acceptors (Lipinski definition) is 3. The van der Waals surface area contributed by atoms with Gasteiger partial charge in [-0.1, -0.05) is 28.9 Å². The van der Waals surface area contributed by atoms with Gasteiger partial charge in [0.05, 0.1) is 17.1 Å². The van der Waals surface area contributed by atoms with Gasteiger partial charge in [-0.15, -0.1) is 0 Å². The summed E-state index contributed by atoms with van der Waals surface area (Å²) < 4.78 is 14.7. The molecule has 0 fully saturated rings. The summed E-state index contributed by atoms with van der Waals surface area (Å²) in [6, 6.07) is 7.37. The third kappa shape index (κ3) is 2.65. The van der Waals surface area contributed by atoms with E-state index >= 15 is 0 Å². The molecule has 1 aromatic heterocycles. The average molecular weight is 296 g/mol. The molecule has 0 radical (unpaired) electrons. The summed E-state index contributed by atoms with van der Waals surface area (Å²) in [4.78, 5) is 12.1. The Morgan fingerprint density at radius 1 is 1.40 bits per heavy atom. The second-order valence-electron chi connectivity index (χ2n) is 4.05. The molecule has 20 heavy (non-hydrogen) atoms. The first kappa shape index (κ1) is 14.1. The van der Waals surface area contributed by atoms with Gasteiger partial charge in [0.1, 0.15) is 5.82 Å². The predicted octanol–water partition coefficient (Wildman–Crippen LogP) is 1.78. The van der Waals surface area contributed by atoms with Crippen LogP contribution in [0.3, 0.4) is 0 Å². The third-order valence-corrected chi connectivity index (χ3v) is 3.20. The summed E-state index contributed by atoms with van der Waals surface area (Å²) in [5.41, 5.74) is 5.48. The van der Waals surface area contributed by atoms with E-state index in [1.165, 1.54) is 29.0 Å². The maximum Gasteiger partial charge on any atom is 0.261 e. The van der Waals surface area contributed by atoms with Crippen LogP contribution in [0.4, 0.5) is 4.39 Å². The molecule has 0 aliphatic heterocycles. The number of oxime groups is 1. The van der Waals surface area contributed by atoms with Crippen LogP contribution in [0.5, 0.6) is 0 Å². The van der Waals surface area contributed by atoms with Crippen LogP contribution >= 0.6 is 11.6 Å². The Bertz CT molecular complexity index is 728.